The highest BCUT2D eigenvalue weighted by Crippen LogP contribution is 2.34. The molecule has 1 unspecified atom stereocenters. The normalized spacial score (nSPS) is 18.6. The number of carbonyl (C=O) groups excluding carboxylic acids is 2. The fourth-order valence-corrected chi connectivity index (χ4v) is 3.92. The highest BCUT2D eigenvalue weighted by molar-refractivity contribution is 5.97. The van der Waals surface area contributed by atoms with E-state index in [1.807, 2.05) is 4.90 Å². The number of anilines is 2. The number of piperazine rings is 1. The van der Waals surface area contributed by atoms with Crippen molar-refractivity contribution in [3.8, 4) is 5.75 Å². The SMILES string of the molecule is CCC1Oc2c(F)cc(CN3CCN(c4ccc(C(=O)OC)nc4F)CC3)cc2NC1=O. The van der Waals surface area contributed by atoms with Crippen LogP contribution in [0.1, 0.15) is 29.4 Å². The van der Waals surface area contributed by atoms with Crippen LogP contribution in [0.2, 0.25) is 0 Å². The summed E-state index contributed by atoms with van der Waals surface area (Å²) in [4.78, 5) is 31.2. The second kappa shape index (κ2) is 9.07. The van der Waals surface area contributed by atoms with Crippen LogP contribution in [-0.2, 0) is 16.1 Å². The Labute approximate surface area is 184 Å². The molecule has 1 N–H and O–H groups in total. The first-order valence-corrected chi connectivity index (χ1v) is 10.4. The molecule has 32 heavy (non-hydrogen) atoms. The van der Waals surface area contributed by atoms with Gasteiger partial charge in [-0.3, -0.25) is 9.69 Å². The molecule has 1 fully saturated rings. The maximum Gasteiger partial charge on any atom is 0.356 e. The molecule has 2 aromatic rings. The summed E-state index contributed by atoms with van der Waals surface area (Å²) in [7, 11) is 1.21. The topological polar surface area (TPSA) is 84.0 Å². The third-order valence-corrected chi connectivity index (χ3v) is 5.63. The number of ether oxygens (including phenoxy) is 2. The molecule has 0 aliphatic carbocycles. The number of pyridine rings is 1. The van der Waals surface area contributed by atoms with E-state index in [1.54, 1.807) is 13.0 Å². The highest BCUT2D eigenvalue weighted by Gasteiger charge is 2.29. The molecule has 1 amide bonds. The molecule has 10 heteroatoms. The number of rotatable bonds is 5. The van der Waals surface area contributed by atoms with Crippen LogP contribution in [-0.4, -0.2) is 61.2 Å². The number of nitrogens with zero attached hydrogens (tertiary/aromatic N) is 3. The molecular formula is C22H24F2N4O4. The van der Waals surface area contributed by atoms with Crippen LogP contribution >= 0.6 is 0 Å². The van der Waals surface area contributed by atoms with E-state index in [2.05, 4.69) is 19.9 Å². The molecule has 1 atom stereocenters. The molecule has 8 nitrogen and oxygen atoms in total. The average molecular weight is 446 g/mol. The number of methoxy groups -OCH3 is 1. The van der Waals surface area contributed by atoms with Crippen molar-refractivity contribution >= 4 is 23.3 Å². The van der Waals surface area contributed by atoms with Gasteiger partial charge in [0.25, 0.3) is 5.91 Å². The van der Waals surface area contributed by atoms with Crippen molar-refractivity contribution in [2.24, 2.45) is 0 Å². The van der Waals surface area contributed by atoms with Crippen LogP contribution in [0.5, 0.6) is 5.75 Å². The number of halogens is 2. The lowest BCUT2D eigenvalue weighted by Gasteiger charge is -2.36. The second-order valence-electron chi connectivity index (χ2n) is 7.72. The van der Waals surface area contributed by atoms with E-state index >= 15 is 0 Å². The number of esters is 1. The number of nitrogens with one attached hydrogen (secondary N) is 1. The largest absolute Gasteiger partial charge is 0.475 e. The zero-order chi connectivity index (χ0) is 22.8. The summed E-state index contributed by atoms with van der Waals surface area (Å²) in [6.45, 7) is 4.61. The number of benzene rings is 1. The summed E-state index contributed by atoms with van der Waals surface area (Å²) in [5.41, 5.74) is 1.29. The van der Waals surface area contributed by atoms with Gasteiger partial charge in [0.2, 0.25) is 5.95 Å². The van der Waals surface area contributed by atoms with Crippen molar-refractivity contribution in [3.05, 3.63) is 47.3 Å². The maximum absolute atomic E-state index is 14.6. The van der Waals surface area contributed by atoms with Gasteiger partial charge in [0, 0.05) is 32.7 Å². The van der Waals surface area contributed by atoms with Gasteiger partial charge in [0.05, 0.1) is 18.5 Å². The quantitative estimate of drug-likeness (QED) is 0.558. The summed E-state index contributed by atoms with van der Waals surface area (Å²) >= 11 is 0. The molecule has 4 rings (SSSR count). The van der Waals surface area contributed by atoms with E-state index < -0.39 is 23.8 Å². The minimum Gasteiger partial charge on any atom is -0.475 e. The minimum atomic E-state index is -0.723. The van der Waals surface area contributed by atoms with Crippen LogP contribution in [0.3, 0.4) is 0 Å². The molecule has 0 saturated carbocycles. The van der Waals surface area contributed by atoms with E-state index in [9.17, 15) is 18.4 Å². The van der Waals surface area contributed by atoms with Crippen molar-refractivity contribution < 1.29 is 27.8 Å². The molecule has 0 bridgehead atoms. The van der Waals surface area contributed by atoms with Gasteiger partial charge in [-0.15, -0.1) is 0 Å². The van der Waals surface area contributed by atoms with Crippen molar-refractivity contribution in [2.45, 2.75) is 26.0 Å². The average Bonchev–Trinajstić information content (AvgIpc) is 2.78. The first kappa shape index (κ1) is 21.9. The lowest BCUT2D eigenvalue weighted by Crippen LogP contribution is -2.46. The van der Waals surface area contributed by atoms with Crippen LogP contribution < -0.4 is 15.0 Å². The fraction of sp³-hybridized carbons (Fsp3) is 0.409. The predicted octanol–water partition coefficient (Wildman–Crippen LogP) is 2.58. The highest BCUT2D eigenvalue weighted by atomic mass is 19.1. The third kappa shape index (κ3) is 4.36. The lowest BCUT2D eigenvalue weighted by molar-refractivity contribution is -0.123. The standard InChI is InChI=1S/C22H24F2N4O4/c1-3-18-21(29)26-16-11-13(10-14(23)19(16)32-18)12-27-6-8-28(9-7-27)17-5-4-15(22(30)31-2)25-20(17)24/h4-5,10-11,18H,3,6-9,12H2,1-2H3,(H,26,29). The smallest absolute Gasteiger partial charge is 0.356 e. The number of amides is 1. The van der Waals surface area contributed by atoms with Gasteiger partial charge in [-0.05, 0) is 36.2 Å². The van der Waals surface area contributed by atoms with E-state index in [0.29, 0.717) is 56.1 Å². The van der Waals surface area contributed by atoms with Crippen LogP contribution in [0.25, 0.3) is 0 Å². The van der Waals surface area contributed by atoms with Gasteiger partial charge < -0.3 is 19.7 Å². The van der Waals surface area contributed by atoms with Gasteiger partial charge in [-0.2, -0.15) is 4.39 Å². The van der Waals surface area contributed by atoms with Crippen LogP contribution in [0.4, 0.5) is 20.2 Å². The fourth-order valence-electron chi connectivity index (χ4n) is 3.92. The van der Waals surface area contributed by atoms with E-state index in [0.717, 1.165) is 0 Å². The third-order valence-electron chi connectivity index (χ3n) is 5.63. The zero-order valence-corrected chi connectivity index (χ0v) is 17.9. The summed E-state index contributed by atoms with van der Waals surface area (Å²) in [6, 6.07) is 6.11. The molecule has 0 radical (unpaired) electrons. The van der Waals surface area contributed by atoms with Gasteiger partial charge >= 0.3 is 5.97 Å². The summed E-state index contributed by atoms with van der Waals surface area (Å²) in [5, 5.41) is 2.72. The van der Waals surface area contributed by atoms with E-state index in [1.165, 1.54) is 25.3 Å². The summed E-state index contributed by atoms with van der Waals surface area (Å²) in [6.07, 6.45) is -0.231. The number of carbonyl (C=O) groups is 2. The Balaban J connectivity index is 1.40. The Hall–Kier alpha value is -3.27. The number of hydrogen-bond acceptors (Lipinski definition) is 7. The molecule has 1 aromatic carbocycles. The second-order valence-corrected chi connectivity index (χ2v) is 7.72. The lowest BCUT2D eigenvalue weighted by atomic mass is 10.1. The first-order valence-electron chi connectivity index (χ1n) is 10.4. The Morgan fingerprint density at radius 3 is 2.66 bits per heavy atom. The number of fused-ring (bicyclic) bond motifs is 1. The maximum atomic E-state index is 14.6. The zero-order valence-electron chi connectivity index (χ0n) is 17.9. The van der Waals surface area contributed by atoms with Gasteiger partial charge in [0.15, 0.2) is 23.4 Å². The monoisotopic (exact) mass is 446 g/mol. The Bertz CT molecular complexity index is 1040. The summed E-state index contributed by atoms with van der Waals surface area (Å²) < 4.78 is 39.0. The van der Waals surface area contributed by atoms with Crippen LogP contribution in [0.15, 0.2) is 24.3 Å². The molecule has 1 aromatic heterocycles. The molecule has 1 saturated heterocycles. The van der Waals surface area contributed by atoms with Gasteiger partial charge in [-0.25, -0.2) is 14.2 Å². The summed E-state index contributed by atoms with van der Waals surface area (Å²) in [5.74, 6) is -2.13. The molecule has 2 aliphatic rings. The predicted molar refractivity (Wildman–Crippen MR) is 113 cm³/mol. The Morgan fingerprint density at radius 2 is 2.00 bits per heavy atom. The molecule has 0 spiro atoms. The van der Waals surface area contributed by atoms with E-state index in [-0.39, 0.29) is 17.4 Å². The number of aromatic nitrogens is 1. The molecule has 2 aliphatic heterocycles. The van der Waals surface area contributed by atoms with Crippen LogP contribution in [0, 0.1) is 11.8 Å². The van der Waals surface area contributed by atoms with E-state index in [4.69, 9.17) is 4.74 Å². The number of hydrogen-bond donors (Lipinski definition) is 1. The molecular weight excluding hydrogens is 422 g/mol. The first-order chi connectivity index (χ1) is 15.4. The van der Waals surface area contributed by atoms with Crippen molar-refractivity contribution in [3.63, 3.8) is 0 Å². The van der Waals surface area contributed by atoms with Crippen molar-refractivity contribution in [1.82, 2.24) is 9.88 Å². The van der Waals surface area contributed by atoms with Gasteiger partial charge in [-0.1, -0.05) is 6.92 Å². The molecule has 170 valence electrons. The van der Waals surface area contributed by atoms with Gasteiger partial charge in [0.1, 0.15) is 0 Å². The molecule has 3 heterocycles. The Kier molecular flexibility index (Phi) is 6.22. The Morgan fingerprint density at radius 1 is 1.25 bits per heavy atom. The minimum absolute atomic E-state index is 0.0726. The van der Waals surface area contributed by atoms with Crippen molar-refractivity contribution in [1.29, 1.82) is 0 Å². The van der Waals surface area contributed by atoms with Crippen molar-refractivity contribution in [2.75, 3.05) is 43.5 Å².